The highest BCUT2D eigenvalue weighted by Gasteiger charge is 2.16. The summed E-state index contributed by atoms with van der Waals surface area (Å²) >= 11 is 0. The van der Waals surface area contributed by atoms with E-state index in [1.54, 1.807) is 0 Å². The molecule has 0 bridgehead atoms. The van der Waals surface area contributed by atoms with Crippen LogP contribution in [-0.4, -0.2) is 25.8 Å². The summed E-state index contributed by atoms with van der Waals surface area (Å²) in [6.45, 7) is 0.0799. The zero-order valence-corrected chi connectivity index (χ0v) is 7.54. The third-order valence-corrected chi connectivity index (χ3v) is 2.11. The topological polar surface area (TPSA) is 35.5 Å². The van der Waals surface area contributed by atoms with Crippen LogP contribution in [-0.2, 0) is 14.3 Å². The summed E-state index contributed by atoms with van der Waals surface area (Å²) < 4.78 is 9.84. The van der Waals surface area contributed by atoms with Crippen LogP contribution in [0, 0.1) is 0 Å². The highest BCUT2D eigenvalue weighted by molar-refractivity contribution is 5.70. The maximum atomic E-state index is 11.0. The van der Waals surface area contributed by atoms with Gasteiger partial charge in [0.1, 0.15) is 12.7 Å². The third-order valence-electron chi connectivity index (χ3n) is 2.11. The molecule has 0 aromatic carbocycles. The average molecular weight is 172 g/mol. The first-order valence-electron chi connectivity index (χ1n) is 4.51. The van der Waals surface area contributed by atoms with Crippen LogP contribution in [0.3, 0.4) is 0 Å². The third kappa shape index (κ3) is 3.22. The summed E-state index contributed by atoms with van der Waals surface area (Å²) in [5.41, 5.74) is 0. The number of rotatable bonds is 3. The van der Waals surface area contributed by atoms with Crippen molar-refractivity contribution in [2.45, 2.75) is 38.2 Å². The van der Waals surface area contributed by atoms with Gasteiger partial charge in [-0.3, -0.25) is 0 Å². The second kappa shape index (κ2) is 5.14. The van der Waals surface area contributed by atoms with Gasteiger partial charge in [-0.05, 0) is 25.7 Å². The molecule has 3 heteroatoms. The normalized spacial score (nSPS) is 19.1. The van der Waals surface area contributed by atoms with Gasteiger partial charge in [0.15, 0.2) is 0 Å². The lowest BCUT2D eigenvalue weighted by Crippen LogP contribution is -2.23. The Hall–Kier alpha value is -0.570. The van der Waals surface area contributed by atoms with Crippen molar-refractivity contribution in [3.05, 3.63) is 0 Å². The molecule has 12 heavy (non-hydrogen) atoms. The maximum absolute atomic E-state index is 11.0. The average Bonchev–Trinajstić information content (AvgIpc) is 2.06. The van der Waals surface area contributed by atoms with E-state index in [2.05, 4.69) is 4.74 Å². The van der Waals surface area contributed by atoms with E-state index in [0.29, 0.717) is 0 Å². The Morgan fingerprint density at radius 1 is 1.33 bits per heavy atom. The lowest BCUT2D eigenvalue weighted by atomic mass is 9.98. The van der Waals surface area contributed by atoms with Gasteiger partial charge in [0, 0.05) is 7.11 Å². The Balaban J connectivity index is 2.15. The van der Waals surface area contributed by atoms with Crippen LogP contribution in [0.4, 0.5) is 0 Å². The Morgan fingerprint density at radius 3 is 2.58 bits per heavy atom. The van der Waals surface area contributed by atoms with Gasteiger partial charge in [-0.25, -0.2) is 4.79 Å². The van der Waals surface area contributed by atoms with Crippen molar-refractivity contribution < 1.29 is 14.3 Å². The molecule has 0 spiro atoms. The van der Waals surface area contributed by atoms with Crippen molar-refractivity contribution in [2.75, 3.05) is 13.7 Å². The Bertz CT molecular complexity index is 139. The highest BCUT2D eigenvalue weighted by Crippen LogP contribution is 2.20. The number of hydrogen-bond donors (Lipinski definition) is 0. The number of ether oxygens (including phenoxy) is 2. The molecule has 1 saturated carbocycles. The fraction of sp³-hybridized carbons (Fsp3) is 0.889. The molecule has 0 unspecified atom stereocenters. The quantitative estimate of drug-likeness (QED) is 0.605. The second-order valence-corrected chi connectivity index (χ2v) is 3.18. The van der Waals surface area contributed by atoms with E-state index in [1.807, 2.05) is 0 Å². The first-order valence-corrected chi connectivity index (χ1v) is 4.51. The Morgan fingerprint density at radius 2 is 2.00 bits per heavy atom. The molecular formula is C9H16O3. The molecule has 3 nitrogen and oxygen atoms in total. The number of esters is 1. The van der Waals surface area contributed by atoms with Gasteiger partial charge in [-0.2, -0.15) is 0 Å². The van der Waals surface area contributed by atoms with Crippen LogP contribution >= 0.6 is 0 Å². The molecule has 0 N–H and O–H groups in total. The van der Waals surface area contributed by atoms with Crippen molar-refractivity contribution in [2.24, 2.45) is 0 Å². The van der Waals surface area contributed by atoms with Gasteiger partial charge in [0.05, 0.1) is 0 Å². The minimum atomic E-state index is -0.232. The zero-order valence-electron chi connectivity index (χ0n) is 7.54. The summed E-state index contributed by atoms with van der Waals surface area (Å²) in [6.07, 6.45) is 5.85. The van der Waals surface area contributed by atoms with Crippen molar-refractivity contribution in [3.63, 3.8) is 0 Å². The standard InChI is InChI=1S/C9H16O3/c1-11-7-9(10)12-8-5-3-2-4-6-8/h8H,2-7H2,1H3. The molecule has 1 rings (SSSR count). The SMILES string of the molecule is COCC(=O)OC1CCCCC1. The first kappa shape index (κ1) is 9.52. The van der Waals surface area contributed by atoms with Crippen LogP contribution < -0.4 is 0 Å². The van der Waals surface area contributed by atoms with E-state index >= 15 is 0 Å². The maximum Gasteiger partial charge on any atom is 0.332 e. The lowest BCUT2D eigenvalue weighted by molar-refractivity contribution is -0.154. The molecule has 0 atom stereocenters. The van der Waals surface area contributed by atoms with Crippen LogP contribution in [0.2, 0.25) is 0 Å². The summed E-state index contributed by atoms with van der Waals surface area (Å²) in [7, 11) is 1.50. The number of methoxy groups -OCH3 is 1. The van der Waals surface area contributed by atoms with Crippen molar-refractivity contribution in [3.8, 4) is 0 Å². The van der Waals surface area contributed by atoms with Crippen molar-refractivity contribution in [1.29, 1.82) is 0 Å². The largest absolute Gasteiger partial charge is 0.461 e. The van der Waals surface area contributed by atoms with E-state index in [4.69, 9.17) is 4.74 Å². The molecule has 1 aliphatic carbocycles. The van der Waals surface area contributed by atoms with E-state index < -0.39 is 0 Å². The fourth-order valence-corrected chi connectivity index (χ4v) is 1.52. The van der Waals surface area contributed by atoms with Crippen LogP contribution in [0.1, 0.15) is 32.1 Å². The Labute approximate surface area is 73.0 Å². The number of hydrogen-bond acceptors (Lipinski definition) is 3. The minimum absolute atomic E-state index is 0.0799. The fourth-order valence-electron chi connectivity index (χ4n) is 1.52. The van der Waals surface area contributed by atoms with Gasteiger partial charge in [-0.1, -0.05) is 6.42 Å². The van der Waals surface area contributed by atoms with E-state index in [0.717, 1.165) is 12.8 Å². The number of carbonyl (C=O) groups excluding carboxylic acids is 1. The minimum Gasteiger partial charge on any atom is -0.461 e. The molecule has 0 aliphatic heterocycles. The highest BCUT2D eigenvalue weighted by atomic mass is 16.6. The van der Waals surface area contributed by atoms with E-state index in [1.165, 1.54) is 26.4 Å². The predicted molar refractivity (Wildman–Crippen MR) is 44.8 cm³/mol. The molecule has 0 radical (unpaired) electrons. The molecule has 1 fully saturated rings. The summed E-state index contributed by atoms with van der Waals surface area (Å²) in [6, 6.07) is 0. The molecule has 0 saturated heterocycles. The van der Waals surface area contributed by atoms with E-state index in [-0.39, 0.29) is 18.7 Å². The summed E-state index contributed by atoms with van der Waals surface area (Å²) in [4.78, 5) is 11.0. The van der Waals surface area contributed by atoms with Gasteiger partial charge in [-0.15, -0.1) is 0 Å². The molecule has 0 heterocycles. The van der Waals surface area contributed by atoms with Crippen LogP contribution in [0.25, 0.3) is 0 Å². The molecule has 0 amide bonds. The molecule has 0 aromatic heterocycles. The summed E-state index contributed by atoms with van der Waals surface area (Å²) in [5.74, 6) is -0.232. The summed E-state index contributed by atoms with van der Waals surface area (Å²) in [5, 5.41) is 0. The molecule has 0 aromatic rings. The second-order valence-electron chi connectivity index (χ2n) is 3.18. The van der Waals surface area contributed by atoms with Crippen molar-refractivity contribution in [1.82, 2.24) is 0 Å². The van der Waals surface area contributed by atoms with Gasteiger partial charge in [0.25, 0.3) is 0 Å². The molecule has 70 valence electrons. The molecular weight excluding hydrogens is 156 g/mol. The van der Waals surface area contributed by atoms with Crippen LogP contribution in [0.5, 0.6) is 0 Å². The smallest absolute Gasteiger partial charge is 0.332 e. The van der Waals surface area contributed by atoms with Crippen molar-refractivity contribution >= 4 is 5.97 Å². The predicted octanol–water partition coefficient (Wildman–Crippen LogP) is 1.51. The van der Waals surface area contributed by atoms with Gasteiger partial charge < -0.3 is 9.47 Å². The lowest BCUT2D eigenvalue weighted by Gasteiger charge is -2.21. The Kier molecular flexibility index (Phi) is 4.08. The van der Waals surface area contributed by atoms with E-state index in [9.17, 15) is 4.79 Å². The van der Waals surface area contributed by atoms with Crippen LogP contribution in [0.15, 0.2) is 0 Å². The molecule has 1 aliphatic rings. The zero-order chi connectivity index (χ0) is 8.81. The monoisotopic (exact) mass is 172 g/mol. The van der Waals surface area contributed by atoms with Gasteiger partial charge in [0.2, 0.25) is 0 Å². The first-order chi connectivity index (χ1) is 5.83. The number of carbonyl (C=O) groups is 1. The van der Waals surface area contributed by atoms with Gasteiger partial charge >= 0.3 is 5.97 Å².